The molecule has 0 aliphatic heterocycles. The molecule has 1 aliphatic carbocycles. The van der Waals surface area contributed by atoms with Crippen LogP contribution in [0.2, 0.25) is 0 Å². The van der Waals surface area contributed by atoms with E-state index in [1.54, 1.807) is 6.20 Å². The van der Waals surface area contributed by atoms with Gasteiger partial charge in [-0.3, -0.25) is 0 Å². The van der Waals surface area contributed by atoms with Crippen molar-refractivity contribution in [3.63, 3.8) is 0 Å². The molecule has 0 bridgehead atoms. The molecule has 2 N–H and O–H groups in total. The van der Waals surface area contributed by atoms with Gasteiger partial charge in [0, 0.05) is 17.8 Å². The van der Waals surface area contributed by atoms with Crippen LogP contribution in [0, 0.1) is 0 Å². The van der Waals surface area contributed by atoms with Crippen molar-refractivity contribution < 1.29 is 9.90 Å². The Balaban J connectivity index is 2.37. The van der Waals surface area contributed by atoms with Gasteiger partial charge in [-0.05, 0) is 19.8 Å². The average Bonchev–Trinajstić information content (AvgIpc) is 2.04. The highest BCUT2D eigenvalue weighted by molar-refractivity contribution is 5.79. The highest BCUT2D eigenvalue weighted by atomic mass is 16.4. The van der Waals surface area contributed by atoms with Crippen molar-refractivity contribution in [1.82, 2.24) is 5.32 Å². The summed E-state index contributed by atoms with van der Waals surface area (Å²) in [6.07, 6.45) is 8.76. The lowest BCUT2D eigenvalue weighted by atomic mass is 9.83. The minimum absolute atomic E-state index is 0.115. The van der Waals surface area contributed by atoms with Crippen molar-refractivity contribution >= 4 is 5.97 Å². The number of nitrogens with one attached hydrogen (secondary N) is 1. The quantitative estimate of drug-likeness (QED) is 0.657. The lowest BCUT2D eigenvalue weighted by Crippen LogP contribution is -2.40. The van der Waals surface area contributed by atoms with Gasteiger partial charge in [-0.25, -0.2) is 4.79 Å². The molecule has 0 radical (unpaired) electrons. The summed E-state index contributed by atoms with van der Waals surface area (Å²) >= 11 is 0. The van der Waals surface area contributed by atoms with E-state index in [2.05, 4.69) is 12.2 Å². The molecule has 1 saturated carbocycles. The first-order valence-electron chi connectivity index (χ1n) is 4.80. The molecule has 74 valence electrons. The summed E-state index contributed by atoms with van der Waals surface area (Å²) in [5.41, 5.74) is 0.115. The number of hydrogen-bond donors (Lipinski definition) is 2. The minimum Gasteiger partial charge on any atom is -0.478 e. The Morgan fingerprint density at radius 3 is 2.54 bits per heavy atom. The normalized spacial score (nSPS) is 21.6. The van der Waals surface area contributed by atoms with Gasteiger partial charge in [0.05, 0.1) is 0 Å². The summed E-state index contributed by atoms with van der Waals surface area (Å²) in [5.74, 6) is -0.896. The Morgan fingerprint density at radius 2 is 2.00 bits per heavy atom. The van der Waals surface area contributed by atoms with Crippen LogP contribution in [0.4, 0.5) is 0 Å². The summed E-state index contributed by atoms with van der Waals surface area (Å²) < 4.78 is 0. The first-order chi connectivity index (χ1) is 6.12. The third-order valence-corrected chi connectivity index (χ3v) is 2.61. The van der Waals surface area contributed by atoms with Crippen molar-refractivity contribution in [2.24, 2.45) is 0 Å². The van der Waals surface area contributed by atoms with E-state index in [9.17, 15) is 4.79 Å². The van der Waals surface area contributed by atoms with Gasteiger partial charge in [-0.2, -0.15) is 0 Å². The van der Waals surface area contributed by atoms with Gasteiger partial charge in [0.15, 0.2) is 0 Å². The van der Waals surface area contributed by atoms with Gasteiger partial charge in [-0.1, -0.05) is 19.3 Å². The summed E-state index contributed by atoms with van der Waals surface area (Å²) in [5, 5.41) is 11.6. The molecule has 3 nitrogen and oxygen atoms in total. The predicted octanol–water partition coefficient (Wildman–Crippen LogP) is 1.90. The molecule has 0 spiro atoms. The van der Waals surface area contributed by atoms with E-state index in [-0.39, 0.29) is 5.54 Å². The first-order valence-corrected chi connectivity index (χ1v) is 4.80. The number of carboxylic acid groups (broad SMARTS) is 1. The SMILES string of the molecule is CC1(N/C=C/C(=O)O)CCCCC1. The second-order valence-electron chi connectivity index (χ2n) is 3.94. The molecule has 0 aromatic heterocycles. The Bertz CT molecular complexity index is 205. The monoisotopic (exact) mass is 183 g/mol. The Labute approximate surface area is 78.8 Å². The van der Waals surface area contributed by atoms with Crippen LogP contribution >= 0.6 is 0 Å². The predicted molar refractivity (Wildman–Crippen MR) is 51.4 cm³/mol. The molecule has 1 aliphatic rings. The molecule has 3 heteroatoms. The number of aliphatic carboxylic acids is 1. The van der Waals surface area contributed by atoms with Crippen molar-refractivity contribution in [3.8, 4) is 0 Å². The number of hydrogen-bond acceptors (Lipinski definition) is 2. The summed E-state index contributed by atoms with van der Waals surface area (Å²) in [6, 6.07) is 0. The molecule has 13 heavy (non-hydrogen) atoms. The summed E-state index contributed by atoms with van der Waals surface area (Å²) in [7, 11) is 0. The Morgan fingerprint density at radius 1 is 1.38 bits per heavy atom. The largest absolute Gasteiger partial charge is 0.478 e. The van der Waals surface area contributed by atoms with E-state index >= 15 is 0 Å². The third kappa shape index (κ3) is 3.49. The smallest absolute Gasteiger partial charge is 0.329 e. The van der Waals surface area contributed by atoms with Gasteiger partial charge in [0.1, 0.15) is 0 Å². The van der Waals surface area contributed by atoms with Crippen LogP contribution in [0.1, 0.15) is 39.0 Å². The molecule has 0 aromatic rings. The summed E-state index contributed by atoms with van der Waals surface area (Å²) in [6.45, 7) is 2.15. The van der Waals surface area contributed by atoms with Crippen molar-refractivity contribution in [1.29, 1.82) is 0 Å². The molecule has 1 fully saturated rings. The van der Waals surface area contributed by atoms with E-state index in [1.807, 2.05) is 0 Å². The second-order valence-corrected chi connectivity index (χ2v) is 3.94. The number of rotatable bonds is 3. The molecule has 0 amide bonds. The molecule has 0 atom stereocenters. The number of carbonyl (C=O) groups is 1. The van der Waals surface area contributed by atoms with E-state index < -0.39 is 5.97 Å². The lowest BCUT2D eigenvalue weighted by Gasteiger charge is -2.33. The maximum atomic E-state index is 10.2. The Hall–Kier alpha value is -0.990. The van der Waals surface area contributed by atoms with Crippen LogP contribution in [-0.2, 0) is 4.79 Å². The Kier molecular flexibility index (Phi) is 3.34. The van der Waals surface area contributed by atoms with Crippen LogP contribution in [0.15, 0.2) is 12.3 Å². The van der Waals surface area contributed by atoms with Crippen LogP contribution in [0.25, 0.3) is 0 Å². The fraction of sp³-hybridized carbons (Fsp3) is 0.700. The first kappa shape index (κ1) is 10.1. The molecule has 1 rings (SSSR count). The molecule has 0 unspecified atom stereocenters. The molecule has 0 heterocycles. The maximum Gasteiger partial charge on any atom is 0.329 e. The van der Waals surface area contributed by atoms with Gasteiger partial charge in [0.25, 0.3) is 0 Å². The molecular formula is C10H17NO2. The summed E-state index contributed by atoms with van der Waals surface area (Å²) in [4.78, 5) is 10.2. The molecular weight excluding hydrogens is 166 g/mol. The van der Waals surface area contributed by atoms with Gasteiger partial charge < -0.3 is 10.4 Å². The van der Waals surface area contributed by atoms with E-state index in [1.165, 1.54) is 19.3 Å². The van der Waals surface area contributed by atoms with E-state index in [0.29, 0.717) is 0 Å². The zero-order valence-corrected chi connectivity index (χ0v) is 8.05. The van der Waals surface area contributed by atoms with Crippen LogP contribution in [0.5, 0.6) is 0 Å². The van der Waals surface area contributed by atoms with Gasteiger partial charge in [0.2, 0.25) is 0 Å². The topological polar surface area (TPSA) is 49.3 Å². The fourth-order valence-electron chi connectivity index (χ4n) is 1.79. The maximum absolute atomic E-state index is 10.2. The van der Waals surface area contributed by atoms with Crippen molar-refractivity contribution in [3.05, 3.63) is 12.3 Å². The fourth-order valence-corrected chi connectivity index (χ4v) is 1.79. The zero-order chi connectivity index (χ0) is 9.73. The highest BCUT2D eigenvalue weighted by Crippen LogP contribution is 2.27. The zero-order valence-electron chi connectivity index (χ0n) is 8.05. The molecule has 0 aromatic carbocycles. The van der Waals surface area contributed by atoms with E-state index in [0.717, 1.165) is 18.9 Å². The van der Waals surface area contributed by atoms with Crippen LogP contribution in [0.3, 0.4) is 0 Å². The van der Waals surface area contributed by atoms with Crippen molar-refractivity contribution in [2.45, 2.75) is 44.6 Å². The third-order valence-electron chi connectivity index (χ3n) is 2.61. The highest BCUT2D eigenvalue weighted by Gasteiger charge is 2.24. The van der Waals surface area contributed by atoms with E-state index in [4.69, 9.17) is 5.11 Å². The molecule has 0 saturated heterocycles. The van der Waals surface area contributed by atoms with Crippen molar-refractivity contribution in [2.75, 3.05) is 0 Å². The van der Waals surface area contributed by atoms with Crippen LogP contribution in [-0.4, -0.2) is 16.6 Å². The lowest BCUT2D eigenvalue weighted by molar-refractivity contribution is -0.131. The second kappa shape index (κ2) is 4.30. The standard InChI is InChI=1S/C10H17NO2/c1-10(6-3-2-4-7-10)11-8-5-9(12)13/h5,8,11H,2-4,6-7H2,1H3,(H,12,13)/b8-5+. The minimum atomic E-state index is -0.896. The number of carboxylic acids is 1. The van der Waals surface area contributed by atoms with Gasteiger partial charge in [-0.15, -0.1) is 0 Å². The van der Waals surface area contributed by atoms with Gasteiger partial charge >= 0.3 is 5.97 Å². The average molecular weight is 183 g/mol. The van der Waals surface area contributed by atoms with Crippen LogP contribution < -0.4 is 5.32 Å².